The summed E-state index contributed by atoms with van der Waals surface area (Å²) in [6, 6.07) is 1.84. The highest BCUT2D eigenvalue weighted by Gasteiger charge is 1.97. The second kappa shape index (κ2) is 3.05. The van der Waals surface area contributed by atoms with Gasteiger partial charge < -0.3 is 10.3 Å². The van der Waals surface area contributed by atoms with Crippen LogP contribution in [0.2, 0.25) is 0 Å². The van der Waals surface area contributed by atoms with Crippen LogP contribution in [-0.4, -0.2) is 10.8 Å². The van der Waals surface area contributed by atoms with Crippen molar-refractivity contribution in [2.24, 2.45) is 12.0 Å². The van der Waals surface area contributed by atoms with Crippen LogP contribution < -0.4 is 5.73 Å². The highest BCUT2D eigenvalue weighted by atomic mass is 15.0. The molecule has 1 rings (SSSR count). The number of nitrogen functional groups attached to an aromatic ring is 1. The Balaban J connectivity index is 3.00. The number of rotatable bonds is 2. The molecule has 0 aliphatic heterocycles. The third kappa shape index (κ3) is 1.49. The minimum atomic E-state index is 0.734. The zero-order chi connectivity index (χ0) is 8.27. The molecule has 0 bridgehead atoms. The van der Waals surface area contributed by atoms with Gasteiger partial charge in [-0.1, -0.05) is 6.58 Å². The van der Waals surface area contributed by atoms with Crippen LogP contribution in [0.5, 0.6) is 0 Å². The van der Waals surface area contributed by atoms with Gasteiger partial charge in [-0.2, -0.15) is 0 Å². The van der Waals surface area contributed by atoms with E-state index < -0.39 is 0 Å². The Morgan fingerprint density at radius 2 is 2.45 bits per heavy atom. The van der Waals surface area contributed by atoms with E-state index in [1.54, 1.807) is 6.21 Å². The van der Waals surface area contributed by atoms with Gasteiger partial charge in [0.2, 0.25) is 0 Å². The molecule has 11 heavy (non-hydrogen) atoms. The normalized spacial score (nSPS) is 10.6. The zero-order valence-electron chi connectivity index (χ0n) is 6.49. The first kappa shape index (κ1) is 7.60. The van der Waals surface area contributed by atoms with E-state index >= 15 is 0 Å². The minimum absolute atomic E-state index is 0.734. The quantitative estimate of drug-likeness (QED) is 0.630. The first-order valence-corrected chi connectivity index (χ1v) is 3.30. The smallest absolute Gasteiger partial charge is 0.0823 e. The summed E-state index contributed by atoms with van der Waals surface area (Å²) in [6.45, 7) is 3.47. The highest BCUT2D eigenvalue weighted by Crippen LogP contribution is 2.08. The summed E-state index contributed by atoms with van der Waals surface area (Å²) in [5, 5.41) is 0. The summed E-state index contributed by atoms with van der Waals surface area (Å²) in [6.07, 6.45) is 5.05. The molecule has 0 amide bonds. The van der Waals surface area contributed by atoms with E-state index in [0.717, 1.165) is 11.4 Å². The molecule has 3 heteroatoms. The van der Waals surface area contributed by atoms with Crippen molar-refractivity contribution in [3.63, 3.8) is 0 Å². The van der Waals surface area contributed by atoms with Crippen LogP contribution in [0.4, 0.5) is 5.69 Å². The van der Waals surface area contributed by atoms with Crippen LogP contribution in [0.25, 0.3) is 0 Å². The lowest BCUT2D eigenvalue weighted by atomic mass is 10.4. The Kier molecular flexibility index (Phi) is 2.11. The molecule has 1 heterocycles. The van der Waals surface area contributed by atoms with Gasteiger partial charge in [0.05, 0.1) is 17.6 Å². The number of anilines is 1. The van der Waals surface area contributed by atoms with Crippen molar-refractivity contribution in [3.8, 4) is 0 Å². The molecular formula is C8H11N3. The molecule has 0 saturated heterocycles. The van der Waals surface area contributed by atoms with Crippen LogP contribution in [0.3, 0.4) is 0 Å². The van der Waals surface area contributed by atoms with Gasteiger partial charge in [-0.25, -0.2) is 0 Å². The number of nitrogens with zero attached hydrogens (tertiary/aromatic N) is 2. The van der Waals surface area contributed by atoms with E-state index in [2.05, 4.69) is 11.6 Å². The zero-order valence-corrected chi connectivity index (χ0v) is 6.49. The van der Waals surface area contributed by atoms with Gasteiger partial charge in [0.1, 0.15) is 0 Å². The number of hydrogen-bond donors (Lipinski definition) is 1. The van der Waals surface area contributed by atoms with Gasteiger partial charge in [-0.15, -0.1) is 0 Å². The standard InChI is InChI=1S/C8H11N3/c1-3-10-6-8-7(9)4-5-11(8)2/h3-6H,1,9H2,2H3/b10-6-. The number of hydrogen-bond acceptors (Lipinski definition) is 2. The molecule has 1 aromatic rings. The first-order valence-electron chi connectivity index (χ1n) is 3.30. The van der Waals surface area contributed by atoms with Crippen molar-refractivity contribution in [3.05, 3.63) is 30.7 Å². The predicted octanol–water partition coefficient (Wildman–Crippen LogP) is 1.17. The Hall–Kier alpha value is -1.51. The molecule has 3 nitrogen and oxygen atoms in total. The van der Waals surface area contributed by atoms with Gasteiger partial charge in [0, 0.05) is 19.4 Å². The third-order valence-corrected chi connectivity index (χ3v) is 1.46. The van der Waals surface area contributed by atoms with Crippen molar-refractivity contribution in [2.45, 2.75) is 0 Å². The summed E-state index contributed by atoms with van der Waals surface area (Å²) >= 11 is 0. The van der Waals surface area contributed by atoms with Crippen molar-refractivity contribution >= 4 is 11.9 Å². The molecule has 0 unspecified atom stereocenters. The fourth-order valence-electron chi connectivity index (χ4n) is 0.850. The van der Waals surface area contributed by atoms with E-state index in [4.69, 9.17) is 5.73 Å². The Bertz CT molecular complexity index is 264. The molecule has 0 fully saturated rings. The lowest BCUT2D eigenvalue weighted by Gasteiger charge is -1.95. The van der Waals surface area contributed by atoms with E-state index in [1.807, 2.05) is 23.9 Å². The first-order chi connectivity index (χ1) is 5.25. The molecule has 1 aromatic heterocycles. The fraction of sp³-hybridized carbons (Fsp3) is 0.125. The topological polar surface area (TPSA) is 43.3 Å². The summed E-state index contributed by atoms with van der Waals surface area (Å²) in [4.78, 5) is 3.87. The third-order valence-electron chi connectivity index (χ3n) is 1.46. The molecular weight excluding hydrogens is 138 g/mol. The Morgan fingerprint density at radius 1 is 1.73 bits per heavy atom. The van der Waals surface area contributed by atoms with Crippen LogP contribution >= 0.6 is 0 Å². The SMILES string of the molecule is C=C/N=C\c1c(N)ccn1C. The summed E-state index contributed by atoms with van der Waals surface area (Å²) in [5.74, 6) is 0. The average molecular weight is 149 g/mol. The molecule has 0 saturated carbocycles. The number of nitrogens with two attached hydrogens (primary N) is 1. The van der Waals surface area contributed by atoms with Crippen LogP contribution in [0.1, 0.15) is 5.69 Å². The lowest BCUT2D eigenvalue weighted by Crippen LogP contribution is -1.96. The largest absolute Gasteiger partial charge is 0.397 e. The van der Waals surface area contributed by atoms with Gasteiger partial charge in [0.25, 0.3) is 0 Å². The number of aryl methyl sites for hydroxylation is 1. The lowest BCUT2D eigenvalue weighted by molar-refractivity contribution is 0.919. The summed E-state index contributed by atoms with van der Waals surface area (Å²) in [7, 11) is 1.92. The van der Waals surface area contributed by atoms with E-state index in [0.29, 0.717) is 0 Å². The van der Waals surface area contributed by atoms with Crippen LogP contribution in [0, 0.1) is 0 Å². The predicted molar refractivity (Wildman–Crippen MR) is 47.6 cm³/mol. The highest BCUT2D eigenvalue weighted by molar-refractivity contribution is 5.85. The number of aromatic nitrogens is 1. The average Bonchev–Trinajstić information content (AvgIpc) is 2.29. The van der Waals surface area contributed by atoms with Crippen molar-refractivity contribution < 1.29 is 0 Å². The van der Waals surface area contributed by atoms with Gasteiger partial charge >= 0.3 is 0 Å². The summed E-state index contributed by atoms with van der Waals surface area (Å²) in [5.41, 5.74) is 7.28. The molecule has 0 aliphatic rings. The monoisotopic (exact) mass is 149 g/mol. The maximum atomic E-state index is 5.64. The maximum Gasteiger partial charge on any atom is 0.0823 e. The van der Waals surface area contributed by atoms with E-state index in [9.17, 15) is 0 Å². The molecule has 58 valence electrons. The molecule has 0 atom stereocenters. The molecule has 0 aliphatic carbocycles. The molecule has 0 radical (unpaired) electrons. The second-order valence-corrected chi connectivity index (χ2v) is 2.23. The van der Waals surface area contributed by atoms with Crippen LogP contribution in [-0.2, 0) is 7.05 Å². The van der Waals surface area contributed by atoms with Crippen molar-refractivity contribution in [2.75, 3.05) is 5.73 Å². The van der Waals surface area contributed by atoms with Gasteiger partial charge in [-0.3, -0.25) is 4.99 Å². The van der Waals surface area contributed by atoms with Gasteiger partial charge in [-0.05, 0) is 6.07 Å². The fourth-order valence-corrected chi connectivity index (χ4v) is 0.850. The van der Waals surface area contributed by atoms with Crippen molar-refractivity contribution in [1.29, 1.82) is 0 Å². The second-order valence-electron chi connectivity index (χ2n) is 2.23. The Morgan fingerprint density at radius 3 is 2.91 bits per heavy atom. The molecule has 0 aromatic carbocycles. The summed E-state index contributed by atoms with van der Waals surface area (Å²) < 4.78 is 1.91. The van der Waals surface area contributed by atoms with E-state index in [1.165, 1.54) is 6.20 Å². The molecule has 0 spiro atoms. The molecule has 2 N–H and O–H groups in total. The Labute approximate surface area is 65.9 Å². The van der Waals surface area contributed by atoms with Crippen LogP contribution in [0.15, 0.2) is 30.0 Å². The maximum absolute atomic E-state index is 5.64. The van der Waals surface area contributed by atoms with E-state index in [-0.39, 0.29) is 0 Å². The minimum Gasteiger partial charge on any atom is -0.397 e. The number of aliphatic imine (C=N–C) groups is 1. The van der Waals surface area contributed by atoms with Gasteiger partial charge in [0.15, 0.2) is 0 Å². The van der Waals surface area contributed by atoms with Crippen molar-refractivity contribution in [1.82, 2.24) is 4.57 Å².